The molecule has 0 radical (unpaired) electrons. The highest BCUT2D eigenvalue weighted by Gasteiger charge is 2.40. The second-order valence-corrected chi connectivity index (χ2v) is 8.33. The lowest BCUT2D eigenvalue weighted by molar-refractivity contribution is -0.148. The average molecular weight is 409 g/mol. The lowest BCUT2D eigenvalue weighted by Crippen LogP contribution is -2.52. The predicted octanol–water partition coefficient (Wildman–Crippen LogP) is 3.46. The Morgan fingerprint density at radius 1 is 1.18 bits per heavy atom. The molecule has 1 aromatic rings. The topological polar surface area (TPSA) is 64.8 Å². The van der Waals surface area contributed by atoms with Crippen LogP contribution in [0.25, 0.3) is 0 Å². The molecule has 1 aliphatic carbocycles. The van der Waals surface area contributed by atoms with E-state index in [1.54, 1.807) is 7.11 Å². The van der Waals surface area contributed by atoms with Crippen LogP contribution in [-0.4, -0.2) is 42.7 Å². The molecule has 3 atom stereocenters. The molecular weight excluding hydrogens is 376 g/mol. The number of rotatable bonds is 4. The van der Waals surface area contributed by atoms with Crippen LogP contribution < -0.4 is 10.5 Å². The monoisotopic (exact) mass is 408 g/mol. The van der Waals surface area contributed by atoms with Crippen LogP contribution in [-0.2, 0) is 22.5 Å². The van der Waals surface area contributed by atoms with Crippen molar-refractivity contribution in [2.45, 2.75) is 76.2 Å². The lowest BCUT2D eigenvalue weighted by Gasteiger charge is -2.43. The first kappa shape index (κ1) is 21.4. The molecule has 0 aromatic heterocycles. The molecule has 2 aliphatic heterocycles. The van der Waals surface area contributed by atoms with E-state index >= 15 is 0 Å². The van der Waals surface area contributed by atoms with E-state index in [4.69, 9.17) is 15.2 Å². The lowest BCUT2D eigenvalue weighted by atomic mass is 9.78. The first-order chi connectivity index (χ1) is 13.2. The molecule has 3 aliphatic rings. The van der Waals surface area contributed by atoms with E-state index in [-0.39, 0.29) is 30.5 Å². The minimum atomic E-state index is -0.322. The van der Waals surface area contributed by atoms with Gasteiger partial charge in [0.15, 0.2) is 0 Å². The summed E-state index contributed by atoms with van der Waals surface area (Å²) in [5.41, 5.74) is 8.32. The van der Waals surface area contributed by atoms with Gasteiger partial charge in [-0.2, -0.15) is 0 Å². The maximum absolute atomic E-state index is 13.4. The summed E-state index contributed by atoms with van der Waals surface area (Å²) in [7, 11) is 1.69. The van der Waals surface area contributed by atoms with Gasteiger partial charge in [0.1, 0.15) is 11.9 Å². The summed E-state index contributed by atoms with van der Waals surface area (Å²) in [5, 5.41) is 0. The first-order valence-electron chi connectivity index (χ1n) is 10.5. The SMILES string of the molecule is COc1ccc2c(c1)CN(C(=O)[C@@H]1CC[C@H](CN)O1)C(C1CCCCC1)C2.Cl. The molecule has 1 saturated carbocycles. The fourth-order valence-electron chi connectivity index (χ4n) is 5.14. The second-order valence-electron chi connectivity index (χ2n) is 8.33. The molecule has 1 amide bonds. The summed E-state index contributed by atoms with van der Waals surface area (Å²) in [4.78, 5) is 15.5. The van der Waals surface area contributed by atoms with Crippen LogP contribution in [0.1, 0.15) is 56.1 Å². The van der Waals surface area contributed by atoms with Crippen molar-refractivity contribution in [3.8, 4) is 5.75 Å². The van der Waals surface area contributed by atoms with Crippen molar-refractivity contribution in [2.24, 2.45) is 11.7 Å². The summed E-state index contributed by atoms with van der Waals surface area (Å²) in [6.07, 6.45) is 8.70. The standard InChI is InChI=1S/C22H32N2O3.ClH/c1-26-18-8-7-16-12-20(15-5-3-2-4-6-15)24(14-17(16)11-18)22(25)21-10-9-19(13-23)27-21;/h7-8,11,15,19-21H,2-6,9-10,12-14,23H2,1H3;1H/t19-,20?,21+;/m1./s1. The summed E-state index contributed by atoms with van der Waals surface area (Å²) in [5.74, 6) is 1.62. The van der Waals surface area contributed by atoms with Gasteiger partial charge in [-0.15, -0.1) is 12.4 Å². The van der Waals surface area contributed by atoms with Gasteiger partial charge in [-0.25, -0.2) is 0 Å². The molecule has 2 fully saturated rings. The molecule has 0 spiro atoms. The number of carbonyl (C=O) groups is 1. The van der Waals surface area contributed by atoms with E-state index in [9.17, 15) is 4.79 Å². The fraction of sp³-hybridized carbons (Fsp3) is 0.682. The largest absolute Gasteiger partial charge is 0.497 e. The Bertz CT molecular complexity index is 678. The summed E-state index contributed by atoms with van der Waals surface area (Å²) in [6, 6.07) is 6.60. The second kappa shape index (κ2) is 9.47. The molecule has 2 N–H and O–H groups in total. The van der Waals surface area contributed by atoms with Gasteiger partial charge in [0.05, 0.1) is 13.2 Å². The van der Waals surface area contributed by atoms with E-state index in [0.717, 1.165) is 25.0 Å². The van der Waals surface area contributed by atoms with Gasteiger partial charge in [-0.3, -0.25) is 4.79 Å². The molecule has 1 saturated heterocycles. The molecule has 6 heteroatoms. The first-order valence-corrected chi connectivity index (χ1v) is 10.5. The average Bonchev–Trinajstić information content (AvgIpc) is 3.22. The smallest absolute Gasteiger partial charge is 0.252 e. The molecule has 0 bridgehead atoms. The van der Waals surface area contributed by atoms with Gasteiger partial charge >= 0.3 is 0 Å². The molecule has 1 unspecified atom stereocenters. The number of amides is 1. The molecule has 1 aromatic carbocycles. The van der Waals surface area contributed by atoms with E-state index in [0.29, 0.717) is 25.0 Å². The molecule has 28 heavy (non-hydrogen) atoms. The zero-order valence-corrected chi connectivity index (χ0v) is 17.6. The molecule has 156 valence electrons. The number of carbonyl (C=O) groups excluding carboxylic acids is 1. The number of benzene rings is 1. The van der Waals surface area contributed by atoms with Gasteiger partial charge in [0, 0.05) is 19.1 Å². The number of hydrogen-bond acceptors (Lipinski definition) is 4. The third-order valence-electron chi connectivity index (χ3n) is 6.71. The maximum atomic E-state index is 13.4. The van der Waals surface area contributed by atoms with Crippen LogP contribution >= 0.6 is 12.4 Å². The highest BCUT2D eigenvalue weighted by Crippen LogP contribution is 2.37. The Morgan fingerprint density at radius 3 is 2.64 bits per heavy atom. The van der Waals surface area contributed by atoms with Crippen LogP contribution in [0, 0.1) is 5.92 Å². The minimum absolute atomic E-state index is 0. The van der Waals surface area contributed by atoms with Crippen molar-refractivity contribution >= 4 is 18.3 Å². The Hall–Kier alpha value is -1.30. The van der Waals surface area contributed by atoms with Crippen molar-refractivity contribution < 1.29 is 14.3 Å². The number of nitrogens with zero attached hydrogens (tertiary/aromatic N) is 1. The third-order valence-corrected chi connectivity index (χ3v) is 6.71. The van der Waals surface area contributed by atoms with Crippen LogP contribution in [0.5, 0.6) is 5.75 Å². The van der Waals surface area contributed by atoms with Crippen LogP contribution in [0.4, 0.5) is 0 Å². The van der Waals surface area contributed by atoms with Gasteiger partial charge in [-0.05, 0) is 61.3 Å². The van der Waals surface area contributed by atoms with Crippen LogP contribution in [0.2, 0.25) is 0 Å². The van der Waals surface area contributed by atoms with Crippen molar-refractivity contribution in [2.75, 3.05) is 13.7 Å². The Balaban J connectivity index is 0.00000225. The zero-order valence-electron chi connectivity index (χ0n) is 16.8. The van der Waals surface area contributed by atoms with Gasteiger partial charge < -0.3 is 20.1 Å². The normalized spacial score (nSPS) is 27.8. The fourth-order valence-corrected chi connectivity index (χ4v) is 5.14. The number of fused-ring (bicyclic) bond motifs is 1. The maximum Gasteiger partial charge on any atom is 0.252 e. The number of hydrogen-bond donors (Lipinski definition) is 1. The Kier molecular flexibility index (Phi) is 7.24. The van der Waals surface area contributed by atoms with E-state index in [1.807, 2.05) is 6.07 Å². The molecular formula is C22H33ClN2O3. The molecule has 4 rings (SSSR count). The van der Waals surface area contributed by atoms with Crippen molar-refractivity contribution in [3.05, 3.63) is 29.3 Å². The highest BCUT2D eigenvalue weighted by atomic mass is 35.5. The van der Waals surface area contributed by atoms with Gasteiger partial charge in [-0.1, -0.05) is 25.3 Å². The quantitative estimate of drug-likeness (QED) is 0.828. The van der Waals surface area contributed by atoms with E-state index in [1.165, 1.54) is 43.2 Å². The predicted molar refractivity (Wildman–Crippen MR) is 112 cm³/mol. The highest BCUT2D eigenvalue weighted by molar-refractivity contribution is 5.85. The van der Waals surface area contributed by atoms with Crippen LogP contribution in [0.15, 0.2) is 18.2 Å². The third kappa shape index (κ3) is 4.32. The van der Waals surface area contributed by atoms with Crippen molar-refractivity contribution in [1.82, 2.24) is 4.90 Å². The van der Waals surface area contributed by atoms with E-state index < -0.39 is 0 Å². The number of methoxy groups -OCH3 is 1. The minimum Gasteiger partial charge on any atom is -0.497 e. The molecule has 2 heterocycles. The van der Waals surface area contributed by atoms with E-state index in [2.05, 4.69) is 17.0 Å². The number of nitrogens with two attached hydrogens (primary N) is 1. The molecule has 5 nitrogen and oxygen atoms in total. The van der Waals surface area contributed by atoms with Crippen molar-refractivity contribution in [1.29, 1.82) is 0 Å². The van der Waals surface area contributed by atoms with Gasteiger partial charge in [0.2, 0.25) is 0 Å². The summed E-state index contributed by atoms with van der Waals surface area (Å²) < 4.78 is 11.4. The number of ether oxygens (including phenoxy) is 2. The van der Waals surface area contributed by atoms with Crippen molar-refractivity contribution in [3.63, 3.8) is 0 Å². The Morgan fingerprint density at radius 2 is 1.96 bits per heavy atom. The van der Waals surface area contributed by atoms with Crippen LogP contribution in [0.3, 0.4) is 0 Å². The number of halogens is 1. The van der Waals surface area contributed by atoms with Gasteiger partial charge in [0.25, 0.3) is 5.91 Å². The Labute approximate surface area is 174 Å². The summed E-state index contributed by atoms with van der Waals surface area (Å²) >= 11 is 0. The zero-order chi connectivity index (χ0) is 18.8. The summed E-state index contributed by atoms with van der Waals surface area (Å²) in [6.45, 7) is 1.16.